The van der Waals surface area contributed by atoms with Crippen LogP contribution in [0.4, 0.5) is 8.78 Å². The number of ether oxygens (including phenoxy) is 1. The molecule has 0 aromatic heterocycles. The quantitative estimate of drug-likeness (QED) is 0.704. The second-order valence-corrected chi connectivity index (χ2v) is 5.87. The van der Waals surface area contributed by atoms with Crippen molar-refractivity contribution in [3.63, 3.8) is 0 Å². The smallest absolute Gasteiger partial charge is 0.387 e. The number of hydrogen-bond donors (Lipinski definition) is 1. The molecule has 1 amide bonds. The van der Waals surface area contributed by atoms with Crippen LogP contribution in [0.5, 0.6) is 5.75 Å². The van der Waals surface area contributed by atoms with Gasteiger partial charge < -0.3 is 10.1 Å². The van der Waals surface area contributed by atoms with Crippen molar-refractivity contribution in [2.24, 2.45) is 0 Å². The lowest BCUT2D eigenvalue weighted by molar-refractivity contribution is -0.116. The first-order chi connectivity index (χ1) is 11.5. The van der Waals surface area contributed by atoms with Gasteiger partial charge in [-0.2, -0.15) is 8.78 Å². The second-order valence-electron chi connectivity index (χ2n) is 4.95. The third-order valence-electron chi connectivity index (χ3n) is 3.14. The van der Waals surface area contributed by atoms with E-state index in [4.69, 9.17) is 0 Å². The summed E-state index contributed by atoms with van der Waals surface area (Å²) in [7, 11) is 0. The molecule has 0 saturated heterocycles. The lowest BCUT2D eigenvalue weighted by Gasteiger charge is -2.06. The van der Waals surface area contributed by atoms with Gasteiger partial charge in [0.05, 0.1) is 0 Å². The molecule has 0 heterocycles. The molecule has 0 aliphatic heterocycles. The number of carbonyl (C=O) groups excluding carboxylic acids is 1. The SMILES string of the molecule is O=C(/C=C/c1cccc(Br)c1)NCCc1ccc(OC(F)F)cc1. The predicted octanol–water partition coefficient (Wildman–Crippen LogP) is 4.42. The van der Waals surface area contributed by atoms with E-state index in [0.717, 1.165) is 15.6 Å². The first-order valence-corrected chi connectivity index (χ1v) is 8.07. The second kappa shape index (κ2) is 9.17. The molecule has 2 rings (SSSR count). The van der Waals surface area contributed by atoms with Gasteiger partial charge in [-0.25, -0.2) is 0 Å². The predicted molar refractivity (Wildman–Crippen MR) is 93.0 cm³/mol. The molecule has 6 heteroatoms. The van der Waals surface area contributed by atoms with Crippen molar-refractivity contribution in [1.29, 1.82) is 0 Å². The van der Waals surface area contributed by atoms with Crippen LogP contribution in [-0.4, -0.2) is 19.1 Å². The van der Waals surface area contributed by atoms with Gasteiger partial charge in [-0.1, -0.05) is 40.2 Å². The molecule has 0 radical (unpaired) electrons. The van der Waals surface area contributed by atoms with E-state index in [1.165, 1.54) is 18.2 Å². The van der Waals surface area contributed by atoms with Gasteiger partial charge in [-0.3, -0.25) is 4.79 Å². The van der Waals surface area contributed by atoms with Crippen LogP contribution in [0.25, 0.3) is 6.08 Å². The first-order valence-electron chi connectivity index (χ1n) is 7.28. The molecule has 0 spiro atoms. The maximum Gasteiger partial charge on any atom is 0.387 e. The minimum absolute atomic E-state index is 0.120. The molecule has 0 bridgehead atoms. The van der Waals surface area contributed by atoms with Crippen LogP contribution >= 0.6 is 15.9 Å². The van der Waals surface area contributed by atoms with Crippen molar-refractivity contribution >= 4 is 27.9 Å². The van der Waals surface area contributed by atoms with Crippen molar-refractivity contribution in [2.75, 3.05) is 6.54 Å². The van der Waals surface area contributed by atoms with Gasteiger partial charge in [0.15, 0.2) is 0 Å². The Morgan fingerprint density at radius 1 is 1.21 bits per heavy atom. The van der Waals surface area contributed by atoms with Crippen LogP contribution < -0.4 is 10.1 Å². The lowest BCUT2D eigenvalue weighted by atomic mass is 10.1. The molecule has 1 N–H and O–H groups in total. The highest BCUT2D eigenvalue weighted by atomic mass is 79.9. The van der Waals surface area contributed by atoms with E-state index in [1.807, 2.05) is 24.3 Å². The number of hydrogen-bond acceptors (Lipinski definition) is 2. The minimum Gasteiger partial charge on any atom is -0.435 e. The largest absolute Gasteiger partial charge is 0.435 e. The highest BCUT2D eigenvalue weighted by Gasteiger charge is 2.03. The number of nitrogens with one attached hydrogen (secondary N) is 1. The lowest BCUT2D eigenvalue weighted by Crippen LogP contribution is -2.23. The molecular weight excluding hydrogens is 380 g/mol. The summed E-state index contributed by atoms with van der Waals surface area (Å²) in [6.45, 7) is -2.37. The molecule has 0 atom stereocenters. The van der Waals surface area contributed by atoms with Crippen molar-refractivity contribution in [2.45, 2.75) is 13.0 Å². The van der Waals surface area contributed by atoms with Gasteiger partial charge in [-0.15, -0.1) is 0 Å². The van der Waals surface area contributed by atoms with Crippen LogP contribution in [0, 0.1) is 0 Å². The Balaban J connectivity index is 1.76. The topological polar surface area (TPSA) is 38.3 Å². The van der Waals surface area contributed by atoms with Crippen molar-refractivity contribution in [1.82, 2.24) is 5.32 Å². The molecule has 0 aliphatic carbocycles. The van der Waals surface area contributed by atoms with E-state index in [0.29, 0.717) is 13.0 Å². The molecule has 0 unspecified atom stereocenters. The van der Waals surface area contributed by atoms with Crippen LogP contribution in [-0.2, 0) is 11.2 Å². The molecule has 2 aromatic carbocycles. The Hall–Kier alpha value is -2.21. The average Bonchev–Trinajstić information content (AvgIpc) is 2.54. The van der Waals surface area contributed by atoms with Gasteiger partial charge in [0.25, 0.3) is 0 Å². The van der Waals surface area contributed by atoms with Crippen LogP contribution in [0.2, 0.25) is 0 Å². The Morgan fingerprint density at radius 3 is 2.62 bits per heavy atom. The summed E-state index contributed by atoms with van der Waals surface area (Å²) in [6, 6.07) is 14.0. The molecule has 2 aromatic rings. The van der Waals surface area contributed by atoms with Crippen LogP contribution in [0.1, 0.15) is 11.1 Å². The molecule has 24 heavy (non-hydrogen) atoms. The van der Waals surface area contributed by atoms with Gasteiger partial charge >= 0.3 is 6.61 Å². The Kier molecular flexibility index (Phi) is 6.93. The monoisotopic (exact) mass is 395 g/mol. The van der Waals surface area contributed by atoms with E-state index in [1.54, 1.807) is 18.2 Å². The molecule has 0 aliphatic rings. The van der Waals surface area contributed by atoms with Crippen LogP contribution in [0.3, 0.4) is 0 Å². The summed E-state index contributed by atoms with van der Waals surface area (Å²) >= 11 is 3.37. The number of alkyl halides is 2. The fourth-order valence-electron chi connectivity index (χ4n) is 2.01. The number of benzene rings is 2. The van der Waals surface area contributed by atoms with Crippen molar-refractivity contribution in [3.05, 3.63) is 70.2 Å². The van der Waals surface area contributed by atoms with E-state index in [2.05, 4.69) is 26.0 Å². The summed E-state index contributed by atoms with van der Waals surface area (Å²) in [5.74, 6) is -0.0672. The summed E-state index contributed by atoms with van der Waals surface area (Å²) < 4.78 is 29.3. The molecule has 3 nitrogen and oxygen atoms in total. The molecule has 0 saturated carbocycles. The standard InChI is InChI=1S/C18H16BrF2NO2/c19-15-3-1-2-14(12-15)6-9-17(23)22-11-10-13-4-7-16(8-5-13)24-18(20)21/h1-9,12,18H,10-11H2,(H,22,23)/b9-6+. The number of carbonyl (C=O) groups is 1. The summed E-state index contributed by atoms with van der Waals surface area (Å²) in [5.41, 5.74) is 1.85. The maximum absolute atomic E-state index is 12.1. The Labute approximate surface area is 147 Å². The molecule has 0 fully saturated rings. The summed E-state index contributed by atoms with van der Waals surface area (Å²) in [6.07, 6.45) is 3.81. The highest BCUT2D eigenvalue weighted by Crippen LogP contribution is 2.15. The molecular formula is C18H16BrF2NO2. The van der Waals surface area contributed by atoms with Crippen molar-refractivity contribution in [3.8, 4) is 5.75 Å². The third-order valence-corrected chi connectivity index (χ3v) is 3.63. The van der Waals surface area contributed by atoms with E-state index in [-0.39, 0.29) is 11.7 Å². The highest BCUT2D eigenvalue weighted by molar-refractivity contribution is 9.10. The Morgan fingerprint density at radius 2 is 1.96 bits per heavy atom. The zero-order chi connectivity index (χ0) is 17.4. The van der Waals surface area contributed by atoms with Gasteiger partial charge in [0.1, 0.15) is 5.75 Å². The van der Waals surface area contributed by atoms with Gasteiger partial charge in [0.2, 0.25) is 5.91 Å². The third kappa shape index (κ3) is 6.50. The van der Waals surface area contributed by atoms with E-state index < -0.39 is 6.61 Å². The van der Waals surface area contributed by atoms with Gasteiger partial charge in [-0.05, 0) is 47.9 Å². The average molecular weight is 396 g/mol. The Bertz CT molecular complexity index is 702. The van der Waals surface area contributed by atoms with E-state index in [9.17, 15) is 13.6 Å². The zero-order valence-electron chi connectivity index (χ0n) is 12.7. The normalized spacial score (nSPS) is 11.0. The fraction of sp³-hybridized carbons (Fsp3) is 0.167. The first kappa shape index (κ1) is 18.1. The minimum atomic E-state index is -2.83. The maximum atomic E-state index is 12.1. The van der Waals surface area contributed by atoms with Gasteiger partial charge in [0, 0.05) is 17.1 Å². The summed E-state index contributed by atoms with van der Waals surface area (Å²) in [4.78, 5) is 11.8. The van der Waals surface area contributed by atoms with Crippen LogP contribution in [0.15, 0.2) is 59.1 Å². The van der Waals surface area contributed by atoms with E-state index >= 15 is 0 Å². The number of amides is 1. The number of rotatable bonds is 7. The zero-order valence-corrected chi connectivity index (χ0v) is 14.3. The van der Waals surface area contributed by atoms with Crippen molar-refractivity contribution < 1.29 is 18.3 Å². The summed E-state index contributed by atoms with van der Waals surface area (Å²) in [5, 5.41) is 2.77. The molecule has 126 valence electrons. The number of halogens is 3. The fourth-order valence-corrected chi connectivity index (χ4v) is 2.43.